The van der Waals surface area contributed by atoms with E-state index in [0.717, 1.165) is 18.7 Å². The fourth-order valence-electron chi connectivity index (χ4n) is 1.71. The first-order valence-corrected chi connectivity index (χ1v) is 7.03. The zero-order valence-corrected chi connectivity index (χ0v) is 12.8. The molecule has 22 heavy (non-hydrogen) atoms. The maximum atomic E-state index is 12.0. The van der Waals surface area contributed by atoms with Crippen molar-refractivity contribution in [2.45, 2.75) is 6.54 Å². The maximum absolute atomic E-state index is 12.0. The van der Waals surface area contributed by atoms with Crippen LogP contribution in [0.25, 0.3) is 0 Å². The molecule has 7 nitrogen and oxygen atoms in total. The first-order valence-electron chi connectivity index (χ1n) is 7.03. The van der Waals surface area contributed by atoms with Crippen molar-refractivity contribution in [3.05, 3.63) is 48.0 Å². The molecule has 0 atom stereocenters. The van der Waals surface area contributed by atoms with Gasteiger partial charge < -0.3 is 15.5 Å². The SMILES string of the molecule is CN(C)CCNc1ncc(C(=O)NCc2ccncc2)cn1. The van der Waals surface area contributed by atoms with E-state index in [1.807, 2.05) is 26.2 Å². The Morgan fingerprint density at radius 2 is 1.86 bits per heavy atom. The van der Waals surface area contributed by atoms with E-state index < -0.39 is 0 Å². The number of nitrogens with zero attached hydrogens (tertiary/aromatic N) is 4. The van der Waals surface area contributed by atoms with Crippen molar-refractivity contribution in [3.63, 3.8) is 0 Å². The fraction of sp³-hybridized carbons (Fsp3) is 0.333. The van der Waals surface area contributed by atoms with E-state index in [1.54, 1.807) is 12.4 Å². The third kappa shape index (κ3) is 5.10. The van der Waals surface area contributed by atoms with Crippen LogP contribution in [-0.2, 0) is 6.54 Å². The number of anilines is 1. The van der Waals surface area contributed by atoms with Crippen molar-refractivity contribution in [2.24, 2.45) is 0 Å². The molecule has 116 valence electrons. The monoisotopic (exact) mass is 300 g/mol. The van der Waals surface area contributed by atoms with Crippen LogP contribution in [0.1, 0.15) is 15.9 Å². The molecule has 0 aliphatic heterocycles. The smallest absolute Gasteiger partial charge is 0.254 e. The van der Waals surface area contributed by atoms with Gasteiger partial charge in [-0.3, -0.25) is 9.78 Å². The summed E-state index contributed by atoms with van der Waals surface area (Å²) in [5, 5.41) is 5.92. The lowest BCUT2D eigenvalue weighted by atomic mass is 10.2. The number of aromatic nitrogens is 3. The standard InChI is InChI=1S/C15H20N6O/c1-21(2)8-7-17-15-19-10-13(11-20-15)14(22)18-9-12-3-5-16-6-4-12/h3-6,10-11H,7-9H2,1-2H3,(H,18,22)(H,17,19,20). The maximum Gasteiger partial charge on any atom is 0.254 e. The van der Waals surface area contributed by atoms with Gasteiger partial charge in [-0.05, 0) is 31.8 Å². The Balaban J connectivity index is 1.83. The van der Waals surface area contributed by atoms with Gasteiger partial charge in [0.2, 0.25) is 5.95 Å². The quantitative estimate of drug-likeness (QED) is 0.786. The molecule has 0 fully saturated rings. The summed E-state index contributed by atoms with van der Waals surface area (Å²) in [5.74, 6) is 0.323. The first kappa shape index (κ1) is 15.8. The van der Waals surface area contributed by atoms with Gasteiger partial charge in [0.25, 0.3) is 5.91 Å². The number of nitrogens with one attached hydrogen (secondary N) is 2. The number of carbonyl (C=O) groups excluding carboxylic acids is 1. The highest BCUT2D eigenvalue weighted by molar-refractivity contribution is 5.93. The Bertz CT molecular complexity index is 585. The van der Waals surface area contributed by atoms with E-state index in [2.05, 4.69) is 30.5 Å². The van der Waals surface area contributed by atoms with Gasteiger partial charge in [0, 0.05) is 44.4 Å². The number of pyridine rings is 1. The minimum absolute atomic E-state index is 0.198. The number of hydrogen-bond acceptors (Lipinski definition) is 6. The van der Waals surface area contributed by atoms with Crippen LogP contribution < -0.4 is 10.6 Å². The van der Waals surface area contributed by atoms with Crippen LogP contribution in [-0.4, -0.2) is 52.9 Å². The van der Waals surface area contributed by atoms with E-state index in [4.69, 9.17) is 0 Å². The van der Waals surface area contributed by atoms with E-state index in [0.29, 0.717) is 18.1 Å². The number of rotatable bonds is 7. The summed E-state index contributed by atoms with van der Waals surface area (Å²) in [5.41, 5.74) is 1.43. The second kappa shape index (κ2) is 8.04. The molecule has 2 rings (SSSR count). The predicted octanol–water partition coefficient (Wildman–Crippen LogP) is 0.775. The predicted molar refractivity (Wildman–Crippen MR) is 84.5 cm³/mol. The molecule has 0 aliphatic rings. The second-order valence-corrected chi connectivity index (χ2v) is 5.06. The molecular weight excluding hydrogens is 280 g/mol. The van der Waals surface area contributed by atoms with Gasteiger partial charge in [-0.2, -0.15) is 0 Å². The van der Waals surface area contributed by atoms with Crippen molar-refractivity contribution in [2.75, 3.05) is 32.5 Å². The van der Waals surface area contributed by atoms with Gasteiger partial charge in [0.05, 0.1) is 5.56 Å². The molecule has 0 bridgehead atoms. The highest BCUT2D eigenvalue weighted by Gasteiger charge is 2.06. The summed E-state index contributed by atoms with van der Waals surface area (Å²) >= 11 is 0. The van der Waals surface area contributed by atoms with Crippen LogP contribution in [0.2, 0.25) is 0 Å². The van der Waals surface area contributed by atoms with Crippen molar-refractivity contribution >= 4 is 11.9 Å². The summed E-state index contributed by atoms with van der Waals surface area (Å²) < 4.78 is 0. The first-order chi connectivity index (χ1) is 10.6. The Morgan fingerprint density at radius 1 is 1.18 bits per heavy atom. The molecule has 0 aromatic carbocycles. The fourth-order valence-corrected chi connectivity index (χ4v) is 1.71. The number of hydrogen-bond donors (Lipinski definition) is 2. The van der Waals surface area contributed by atoms with Crippen LogP contribution in [0.15, 0.2) is 36.9 Å². The minimum Gasteiger partial charge on any atom is -0.353 e. The zero-order chi connectivity index (χ0) is 15.8. The number of likely N-dealkylation sites (N-methyl/N-ethyl adjacent to an activating group) is 1. The molecule has 2 heterocycles. The minimum atomic E-state index is -0.198. The highest BCUT2D eigenvalue weighted by Crippen LogP contribution is 2.01. The Kier molecular flexibility index (Phi) is 5.79. The molecular formula is C15H20N6O. The molecule has 1 amide bonds. The van der Waals surface area contributed by atoms with Gasteiger partial charge in [-0.25, -0.2) is 9.97 Å². The molecule has 0 unspecified atom stereocenters. The van der Waals surface area contributed by atoms with Gasteiger partial charge in [0.1, 0.15) is 0 Å². The third-order valence-electron chi connectivity index (χ3n) is 2.96. The van der Waals surface area contributed by atoms with Gasteiger partial charge in [-0.15, -0.1) is 0 Å². The van der Waals surface area contributed by atoms with Crippen molar-refractivity contribution in [3.8, 4) is 0 Å². The van der Waals surface area contributed by atoms with Crippen LogP contribution >= 0.6 is 0 Å². The molecule has 0 aliphatic carbocycles. The summed E-state index contributed by atoms with van der Waals surface area (Å²) in [7, 11) is 4.00. The zero-order valence-electron chi connectivity index (χ0n) is 12.8. The number of carbonyl (C=O) groups is 1. The molecule has 7 heteroatoms. The van der Waals surface area contributed by atoms with Crippen LogP contribution in [0.5, 0.6) is 0 Å². The second-order valence-electron chi connectivity index (χ2n) is 5.06. The summed E-state index contributed by atoms with van der Waals surface area (Å²) in [4.78, 5) is 26.3. The lowest BCUT2D eigenvalue weighted by molar-refractivity contribution is 0.0950. The molecule has 0 spiro atoms. The van der Waals surface area contributed by atoms with Crippen LogP contribution in [0.4, 0.5) is 5.95 Å². The van der Waals surface area contributed by atoms with E-state index in [-0.39, 0.29) is 5.91 Å². The van der Waals surface area contributed by atoms with Crippen LogP contribution in [0, 0.1) is 0 Å². The van der Waals surface area contributed by atoms with Crippen molar-refractivity contribution in [1.82, 2.24) is 25.2 Å². The Labute approximate surface area is 129 Å². The Hall–Kier alpha value is -2.54. The van der Waals surface area contributed by atoms with Crippen molar-refractivity contribution < 1.29 is 4.79 Å². The lowest BCUT2D eigenvalue weighted by Gasteiger charge is -2.10. The molecule has 0 radical (unpaired) electrons. The molecule has 2 N–H and O–H groups in total. The van der Waals surface area contributed by atoms with Crippen LogP contribution in [0.3, 0.4) is 0 Å². The lowest BCUT2D eigenvalue weighted by Crippen LogP contribution is -2.24. The largest absolute Gasteiger partial charge is 0.353 e. The van der Waals surface area contributed by atoms with Gasteiger partial charge in [0.15, 0.2) is 0 Å². The summed E-state index contributed by atoms with van der Waals surface area (Å²) in [6.45, 7) is 2.09. The Morgan fingerprint density at radius 3 is 2.50 bits per heavy atom. The van der Waals surface area contributed by atoms with E-state index in [9.17, 15) is 4.79 Å². The molecule has 0 saturated carbocycles. The summed E-state index contributed by atoms with van der Waals surface area (Å²) in [6, 6.07) is 3.71. The number of amides is 1. The average molecular weight is 300 g/mol. The van der Waals surface area contributed by atoms with Gasteiger partial charge in [-0.1, -0.05) is 0 Å². The topological polar surface area (TPSA) is 83.0 Å². The molecule has 0 saturated heterocycles. The average Bonchev–Trinajstić information content (AvgIpc) is 2.54. The molecule has 2 aromatic rings. The third-order valence-corrected chi connectivity index (χ3v) is 2.96. The summed E-state index contributed by atoms with van der Waals surface area (Å²) in [6.07, 6.45) is 6.43. The highest BCUT2D eigenvalue weighted by atomic mass is 16.1. The van der Waals surface area contributed by atoms with Gasteiger partial charge >= 0.3 is 0 Å². The normalized spacial score (nSPS) is 10.5. The molecule has 2 aromatic heterocycles. The van der Waals surface area contributed by atoms with Crippen molar-refractivity contribution in [1.29, 1.82) is 0 Å². The van der Waals surface area contributed by atoms with E-state index in [1.165, 1.54) is 12.4 Å². The van der Waals surface area contributed by atoms with E-state index >= 15 is 0 Å².